The fourth-order valence-corrected chi connectivity index (χ4v) is 3.19. The van der Waals surface area contributed by atoms with E-state index in [1.165, 1.54) is 17.4 Å². The average Bonchev–Trinajstić information content (AvgIpc) is 2.72. The summed E-state index contributed by atoms with van der Waals surface area (Å²) in [5.41, 5.74) is 1.39. The lowest BCUT2D eigenvalue weighted by Crippen LogP contribution is -2.28. The highest BCUT2D eigenvalue weighted by Gasteiger charge is 2.23. The van der Waals surface area contributed by atoms with Crippen molar-refractivity contribution in [1.82, 2.24) is 8.87 Å². The van der Waals surface area contributed by atoms with Crippen LogP contribution in [0.5, 0.6) is 0 Å². The van der Waals surface area contributed by atoms with Gasteiger partial charge in [-0.15, -0.1) is 0 Å². The van der Waals surface area contributed by atoms with Crippen LogP contribution >= 0.6 is 0 Å². The molecule has 19 heavy (non-hydrogen) atoms. The molecule has 1 N–H and O–H groups in total. The van der Waals surface area contributed by atoms with Crippen LogP contribution in [-0.2, 0) is 23.2 Å². The van der Waals surface area contributed by atoms with Crippen molar-refractivity contribution < 1.29 is 13.5 Å². The summed E-state index contributed by atoms with van der Waals surface area (Å²) in [4.78, 5) is 0.216. The second-order valence-corrected chi connectivity index (χ2v) is 6.78. The van der Waals surface area contributed by atoms with Gasteiger partial charge in [0.05, 0.1) is 6.61 Å². The Morgan fingerprint density at radius 1 is 1.53 bits per heavy atom. The number of likely N-dealkylation sites (N-methyl/N-ethyl adjacent to an activating group) is 1. The molecule has 0 saturated carbocycles. The molecule has 0 aliphatic carbocycles. The highest BCUT2D eigenvalue weighted by Crippen LogP contribution is 2.19. The summed E-state index contributed by atoms with van der Waals surface area (Å²) < 4.78 is 27.7. The number of hydrogen-bond acceptors (Lipinski definition) is 3. The minimum atomic E-state index is -3.52. The Kier molecular flexibility index (Phi) is 5.34. The van der Waals surface area contributed by atoms with Gasteiger partial charge in [0.2, 0.25) is 10.0 Å². The molecular formula is C13H22N2O3S. The lowest BCUT2D eigenvalue weighted by molar-refractivity contribution is 0.270. The maximum atomic E-state index is 12.3. The number of sulfonamides is 1. The summed E-state index contributed by atoms with van der Waals surface area (Å²) in [6.45, 7) is 8.32. The SMILES string of the molecule is C=C(C)CN(C)S(=O)(=O)c1cc(CO)n(CCC)c1. The Morgan fingerprint density at radius 2 is 2.16 bits per heavy atom. The number of aryl methyl sites for hydroxylation is 1. The molecule has 1 heterocycles. The van der Waals surface area contributed by atoms with Gasteiger partial charge in [-0.2, -0.15) is 4.31 Å². The summed E-state index contributed by atoms with van der Waals surface area (Å²) in [6, 6.07) is 1.53. The number of hydrogen-bond donors (Lipinski definition) is 1. The predicted molar refractivity (Wildman–Crippen MR) is 75.3 cm³/mol. The molecule has 0 radical (unpaired) electrons. The van der Waals surface area contributed by atoms with Gasteiger partial charge in [0.25, 0.3) is 0 Å². The zero-order valence-corrected chi connectivity index (χ0v) is 12.6. The van der Waals surface area contributed by atoms with Crippen molar-refractivity contribution >= 4 is 10.0 Å². The molecule has 0 saturated heterocycles. The largest absolute Gasteiger partial charge is 0.390 e. The standard InChI is InChI=1S/C13H22N2O3S/c1-5-6-15-9-13(7-12(15)10-16)19(17,18)14(4)8-11(2)3/h7,9,16H,2,5-6,8,10H2,1,3-4H3. The van der Waals surface area contributed by atoms with Crippen LogP contribution in [0.2, 0.25) is 0 Å². The van der Waals surface area contributed by atoms with Gasteiger partial charge in [0, 0.05) is 32.0 Å². The van der Waals surface area contributed by atoms with Crippen LogP contribution < -0.4 is 0 Å². The molecule has 1 aromatic rings. The van der Waals surface area contributed by atoms with Gasteiger partial charge in [-0.25, -0.2) is 8.42 Å². The summed E-state index contributed by atoms with van der Waals surface area (Å²) >= 11 is 0. The molecule has 0 aliphatic rings. The molecule has 0 fully saturated rings. The third-order valence-electron chi connectivity index (χ3n) is 2.79. The van der Waals surface area contributed by atoms with E-state index in [2.05, 4.69) is 6.58 Å². The maximum Gasteiger partial charge on any atom is 0.244 e. The first-order chi connectivity index (χ1) is 8.82. The minimum absolute atomic E-state index is 0.167. The third-order valence-corrected chi connectivity index (χ3v) is 4.56. The lowest BCUT2D eigenvalue weighted by atomic mass is 10.4. The van der Waals surface area contributed by atoms with E-state index in [0.29, 0.717) is 12.2 Å². The fourth-order valence-electron chi connectivity index (χ4n) is 1.89. The zero-order chi connectivity index (χ0) is 14.6. The predicted octanol–water partition coefficient (Wildman–Crippen LogP) is 1.59. The normalized spacial score (nSPS) is 12.1. The monoisotopic (exact) mass is 286 g/mol. The van der Waals surface area contributed by atoms with Crippen LogP contribution in [0.1, 0.15) is 26.0 Å². The Balaban J connectivity index is 3.11. The van der Waals surface area contributed by atoms with Gasteiger partial charge < -0.3 is 9.67 Å². The Labute approximate surface area is 115 Å². The van der Waals surface area contributed by atoms with Crippen molar-refractivity contribution in [3.05, 3.63) is 30.1 Å². The third kappa shape index (κ3) is 3.68. The van der Waals surface area contributed by atoms with E-state index in [4.69, 9.17) is 0 Å². The molecule has 1 aromatic heterocycles. The van der Waals surface area contributed by atoms with Gasteiger partial charge >= 0.3 is 0 Å². The van der Waals surface area contributed by atoms with Crippen LogP contribution in [0.3, 0.4) is 0 Å². The average molecular weight is 286 g/mol. The van der Waals surface area contributed by atoms with E-state index in [9.17, 15) is 13.5 Å². The van der Waals surface area contributed by atoms with E-state index in [0.717, 1.165) is 12.0 Å². The van der Waals surface area contributed by atoms with Crippen LogP contribution in [0.4, 0.5) is 0 Å². The maximum absolute atomic E-state index is 12.3. The number of aliphatic hydroxyl groups is 1. The molecule has 0 bridgehead atoms. The number of rotatable bonds is 7. The molecule has 1 rings (SSSR count). The van der Waals surface area contributed by atoms with E-state index in [1.54, 1.807) is 17.7 Å². The van der Waals surface area contributed by atoms with E-state index in [1.807, 2.05) is 6.92 Å². The van der Waals surface area contributed by atoms with Gasteiger partial charge in [-0.05, 0) is 19.4 Å². The second kappa shape index (κ2) is 6.36. The lowest BCUT2D eigenvalue weighted by Gasteiger charge is -2.15. The van der Waals surface area contributed by atoms with Gasteiger partial charge in [-0.3, -0.25) is 0 Å². The summed E-state index contributed by atoms with van der Waals surface area (Å²) in [7, 11) is -2.00. The van der Waals surface area contributed by atoms with Crippen molar-refractivity contribution in [2.75, 3.05) is 13.6 Å². The van der Waals surface area contributed by atoms with Crippen molar-refractivity contribution in [2.45, 2.75) is 38.3 Å². The molecule has 0 spiro atoms. The number of nitrogens with zero attached hydrogens (tertiary/aromatic N) is 2. The first-order valence-electron chi connectivity index (χ1n) is 6.23. The minimum Gasteiger partial charge on any atom is -0.390 e. The Bertz CT molecular complexity index is 546. The second-order valence-electron chi connectivity index (χ2n) is 4.74. The van der Waals surface area contributed by atoms with Gasteiger partial charge in [0.1, 0.15) is 4.90 Å². The molecule has 0 amide bonds. The van der Waals surface area contributed by atoms with Crippen molar-refractivity contribution in [2.24, 2.45) is 0 Å². The smallest absolute Gasteiger partial charge is 0.244 e. The molecule has 0 unspecified atom stereocenters. The Morgan fingerprint density at radius 3 is 2.63 bits per heavy atom. The molecule has 0 aliphatic heterocycles. The summed E-state index contributed by atoms with van der Waals surface area (Å²) in [5, 5.41) is 9.26. The summed E-state index contributed by atoms with van der Waals surface area (Å²) in [5.74, 6) is 0. The van der Waals surface area contributed by atoms with E-state index in [-0.39, 0.29) is 18.0 Å². The van der Waals surface area contributed by atoms with Crippen LogP contribution in [0.15, 0.2) is 29.3 Å². The van der Waals surface area contributed by atoms with Crippen molar-refractivity contribution in [3.63, 3.8) is 0 Å². The number of aliphatic hydroxyl groups excluding tert-OH is 1. The molecule has 0 aromatic carbocycles. The van der Waals surface area contributed by atoms with Crippen LogP contribution in [0.25, 0.3) is 0 Å². The van der Waals surface area contributed by atoms with Crippen molar-refractivity contribution in [1.29, 1.82) is 0 Å². The fraction of sp³-hybridized carbons (Fsp3) is 0.538. The van der Waals surface area contributed by atoms with Crippen LogP contribution in [-0.4, -0.2) is 36.0 Å². The molecule has 0 atom stereocenters. The quantitative estimate of drug-likeness (QED) is 0.774. The van der Waals surface area contributed by atoms with Crippen molar-refractivity contribution in [3.8, 4) is 0 Å². The van der Waals surface area contributed by atoms with Crippen LogP contribution in [0, 0.1) is 0 Å². The molecular weight excluding hydrogens is 264 g/mol. The Hall–Kier alpha value is -1.11. The highest BCUT2D eigenvalue weighted by molar-refractivity contribution is 7.89. The topological polar surface area (TPSA) is 62.5 Å². The first kappa shape index (κ1) is 15.9. The highest BCUT2D eigenvalue weighted by atomic mass is 32.2. The first-order valence-corrected chi connectivity index (χ1v) is 7.67. The molecule has 5 nitrogen and oxygen atoms in total. The zero-order valence-electron chi connectivity index (χ0n) is 11.8. The molecule has 6 heteroatoms. The van der Waals surface area contributed by atoms with E-state index < -0.39 is 10.0 Å². The summed E-state index contributed by atoms with van der Waals surface area (Å²) in [6.07, 6.45) is 2.46. The van der Waals surface area contributed by atoms with E-state index >= 15 is 0 Å². The van der Waals surface area contributed by atoms with Gasteiger partial charge in [-0.1, -0.05) is 19.1 Å². The van der Waals surface area contributed by atoms with Gasteiger partial charge in [0.15, 0.2) is 0 Å². The molecule has 108 valence electrons. The number of aromatic nitrogens is 1.